The topological polar surface area (TPSA) is 73.3 Å². The molecular formula is C22H23N3O3. The lowest BCUT2D eigenvalue weighted by atomic mass is 10.0. The Morgan fingerprint density at radius 3 is 2.29 bits per heavy atom. The summed E-state index contributed by atoms with van der Waals surface area (Å²) in [6.07, 6.45) is 3.34. The van der Waals surface area contributed by atoms with Crippen LogP contribution in [0.1, 0.15) is 31.1 Å². The van der Waals surface area contributed by atoms with E-state index in [1.54, 1.807) is 37.7 Å². The van der Waals surface area contributed by atoms with E-state index in [2.05, 4.69) is 15.3 Å². The number of rotatable bonds is 5. The normalized spacial score (nSPS) is 11.0. The summed E-state index contributed by atoms with van der Waals surface area (Å²) in [6.45, 7) is 5.84. The minimum Gasteiger partial charge on any atom is -0.497 e. The van der Waals surface area contributed by atoms with Gasteiger partial charge in [-0.3, -0.25) is 4.79 Å². The second-order valence-corrected chi connectivity index (χ2v) is 7.32. The van der Waals surface area contributed by atoms with Gasteiger partial charge in [-0.15, -0.1) is 0 Å². The Kier molecular flexibility index (Phi) is 5.59. The van der Waals surface area contributed by atoms with Crippen LogP contribution in [0.15, 0.2) is 60.9 Å². The zero-order chi connectivity index (χ0) is 20.1. The third kappa shape index (κ3) is 5.07. The zero-order valence-electron chi connectivity index (χ0n) is 16.4. The van der Waals surface area contributed by atoms with Crippen molar-refractivity contribution in [2.75, 3.05) is 7.11 Å². The smallest absolute Gasteiger partial charge is 0.321 e. The minimum absolute atomic E-state index is 0.117. The average molecular weight is 377 g/mol. The molecule has 3 rings (SSSR count). The van der Waals surface area contributed by atoms with Gasteiger partial charge >= 0.3 is 6.01 Å². The molecule has 0 spiro atoms. The van der Waals surface area contributed by atoms with Gasteiger partial charge in [-0.25, -0.2) is 9.97 Å². The highest BCUT2D eigenvalue weighted by Crippen LogP contribution is 2.24. The number of nitrogens with one attached hydrogen (secondary N) is 1. The number of benzene rings is 2. The number of methoxy groups -OCH3 is 1. The predicted molar refractivity (Wildman–Crippen MR) is 108 cm³/mol. The molecule has 0 saturated carbocycles. The Labute approximate surface area is 164 Å². The molecule has 1 N–H and O–H groups in total. The van der Waals surface area contributed by atoms with Crippen molar-refractivity contribution in [3.63, 3.8) is 0 Å². The number of carbonyl (C=O) groups is 1. The molecule has 6 heteroatoms. The van der Waals surface area contributed by atoms with Gasteiger partial charge in [0.25, 0.3) is 5.91 Å². The lowest BCUT2D eigenvalue weighted by Crippen LogP contribution is -2.40. The van der Waals surface area contributed by atoms with Crippen LogP contribution in [0.2, 0.25) is 0 Å². The molecule has 1 aromatic heterocycles. The molecule has 0 aliphatic carbocycles. The Morgan fingerprint density at radius 2 is 1.61 bits per heavy atom. The maximum absolute atomic E-state index is 12.4. The van der Waals surface area contributed by atoms with Crippen molar-refractivity contribution in [2.45, 2.75) is 26.3 Å². The van der Waals surface area contributed by atoms with E-state index < -0.39 is 0 Å². The fourth-order valence-electron chi connectivity index (χ4n) is 2.54. The SMILES string of the molecule is COc1cccc(Oc2ncc(-c3cccc(C(=O)NC(C)(C)C)c3)cn2)c1. The van der Waals surface area contributed by atoms with Crippen molar-refractivity contribution in [1.82, 2.24) is 15.3 Å². The number of hydrogen-bond donors (Lipinski definition) is 1. The van der Waals surface area contributed by atoms with Gasteiger partial charge in [0, 0.05) is 35.1 Å². The van der Waals surface area contributed by atoms with Gasteiger partial charge < -0.3 is 14.8 Å². The van der Waals surface area contributed by atoms with Crippen LogP contribution in [-0.2, 0) is 0 Å². The lowest BCUT2D eigenvalue weighted by Gasteiger charge is -2.20. The first-order valence-corrected chi connectivity index (χ1v) is 8.91. The van der Waals surface area contributed by atoms with Gasteiger partial charge in [0.1, 0.15) is 11.5 Å². The van der Waals surface area contributed by atoms with Crippen LogP contribution in [0.25, 0.3) is 11.1 Å². The molecule has 144 valence electrons. The van der Waals surface area contributed by atoms with Gasteiger partial charge in [-0.2, -0.15) is 0 Å². The van der Waals surface area contributed by atoms with E-state index in [-0.39, 0.29) is 17.5 Å². The summed E-state index contributed by atoms with van der Waals surface area (Å²) >= 11 is 0. The summed E-state index contributed by atoms with van der Waals surface area (Å²) < 4.78 is 10.8. The number of carbonyl (C=O) groups excluding carboxylic acids is 1. The van der Waals surface area contributed by atoms with Crippen LogP contribution >= 0.6 is 0 Å². The lowest BCUT2D eigenvalue weighted by molar-refractivity contribution is 0.0919. The maximum atomic E-state index is 12.4. The van der Waals surface area contributed by atoms with Crippen LogP contribution in [0, 0.1) is 0 Å². The summed E-state index contributed by atoms with van der Waals surface area (Å²) in [4.78, 5) is 20.9. The van der Waals surface area contributed by atoms with Crippen LogP contribution in [-0.4, -0.2) is 28.5 Å². The molecule has 1 heterocycles. The summed E-state index contributed by atoms with van der Waals surface area (Å²) in [5.41, 5.74) is 1.94. The zero-order valence-corrected chi connectivity index (χ0v) is 16.4. The number of ether oxygens (including phenoxy) is 2. The Balaban J connectivity index is 1.76. The summed E-state index contributed by atoms with van der Waals surface area (Å²) in [5, 5.41) is 2.96. The monoisotopic (exact) mass is 377 g/mol. The van der Waals surface area contributed by atoms with Gasteiger partial charge in [0.2, 0.25) is 0 Å². The van der Waals surface area contributed by atoms with Crippen LogP contribution in [0.4, 0.5) is 0 Å². The second-order valence-electron chi connectivity index (χ2n) is 7.32. The van der Waals surface area contributed by atoms with Crippen molar-refractivity contribution in [3.05, 3.63) is 66.5 Å². The van der Waals surface area contributed by atoms with Crippen molar-refractivity contribution >= 4 is 5.91 Å². The fourth-order valence-corrected chi connectivity index (χ4v) is 2.54. The second kappa shape index (κ2) is 8.08. The molecule has 3 aromatic rings. The Bertz CT molecular complexity index is 963. The summed E-state index contributed by atoms with van der Waals surface area (Å²) in [6, 6.07) is 14.8. The molecule has 28 heavy (non-hydrogen) atoms. The highest BCUT2D eigenvalue weighted by molar-refractivity contribution is 5.95. The third-order valence-corrected chi connectivity index (χ3v) is 3.83. The first-order chi connectivity index (χ1) is 13.3. The minimum atomic E-state index is -0.296. The van der Waals surface area contributed by atoms with Crippen molar-refractivity contribution in [2.24, 2.45) is 0 Å². The molecular weight excluding hydrogens is 354 g/mol. The fraction of sp³-hybridized carbons (Fsp3) is 0.227. The van der Waals surface area contributed by atoms with Gasteiger partial charge in [-0.1, -0.05) is 18.2 Å². The van der Waals surface area contributed by atoms with E-state index in [4.69, 9.17) is 9.47 Å². The standard InChI is InChI=1S/C22H23N3O3/c1-22(2,3)25-20(26)16-8-5-7-15(11-16)17-13-23-21(24-14-17)28-19-10-6-9-18(12-19)27-4/h5-14H,1-4H3,(H,25,26). The molecule has 0 aliphatic heterocycles. The van der Waals surface area contributed by atoms with Crippen molar-refractivity contribution < 1.29 is 14.3 Å². The highest BCUT2D eigenvalue weighted by Gasteiger charge is 2.15. The average Bonchev–Trinajstić information content (AvgIpc) is 2.67. The Hall–Kier alpha value is -3.41. The van der Waals surface area contributed by atoms with Crippen molar-refractivity contribution in [3.8, 4) is 28.6 Å². The van der Waals surface area contributed by atoms with Gasteiger partial charge in [0.05, 0.1) is 7.11 Å². The number of hydrogen-bond acceptors (Lipinski definition) is 5. The van der Waals surface area contributed by atoms with Crippen molar-refractivity contribution in [1.29, 1.82) is 0 Å². The Morgan fingerprint density at radius 1 is 0.929 bits per heavy atom. The quantitative estimate of drug-likeness (QED) is 0.710. The molecule has 0 aliphatic rings. The predicted octanol–water partition coefficient (Wildman–Crippen LogP) is 4.47. The van der Waals surface area contributed by atoms with Crippen LogP contribution < -0.4 is 14.8 Å². The first kappa shape index (κ1) is 19.4. The molecule has 0 bridgehead atoms. The van der Waals surface area contributed by atoms with E-state index in [0.717, 1.165) is 11.1 Å². The number of aromatic nitrogens is 2. The molecule has 0 unspecified atom stereocenters. The molecule has 2 aromatic carbocycles. The summed E-state index contributed by atoms with van der Waals surface area (Å²) in [5.74, 6) is 1.17. The van der Waals surface area contributed by atoms with E-state index in [1.165, 1.54) is 0 Å². The number of amides is 1. The molecule has 0 saturated heterocycles. The first-order valence-electron chi connectivity index (χ1n) is 8.91. The van der Waals surface area contributed by atoms with Crippen LogP contribution in [0.3, 0.4) is 0 Å². The van der Waals surface area contributed by atoms with E-state index in [0.29, 0.717) is 17.1 Å². The largest absolute Gasteiger partial charge is 0.497 e. The van der Waals surface area contributed by atoms with E-state index >= 15 is 0 Å². The molecule has 0 fully saturated rings. The van der Waals surface area contributed by atoms with Crippen LogP contribution in [0.5, 0.6) is 17.5 Å². The summed E-state index contributed by atoms with van der Waals surface area (Å²) in [7, 11) is 1.60. The highest BCUT2D eigenvalue weighted by atomic mass is 16.5. The van der Waals surface area contributed by atoms with Gasteiger partial charge in [-0.05, 0) is 50.6 Å². The molecule has 1 amide bonds. The maximum Gasteiger partial charge on any atom is 0.321 e. The van der Waals surface area contributed by atoms with Gasteiger partial charge in [0.15, 0.2) is 0 Å². The van der Waals surface area contributed by atoms with E-state index in [9.17, 15) is 4.79 Å². The third-order valence-electron chi connectivity index (χ3n) is 3.83. The molecule has 0 radical (unpaired) electrons. The number of nitrogens with zero attached hydrogens (tertiary/aromatic N) is 2. The van der Waals surface area contributed by atoms with E-state index in [1.807, 2.05) is 51.1 Å². The molecule has 0 atom stereocenters. The molecule has 6 nitrogen and oxygen atoms in total.